The van der Waals surface area contributed by atoms with Crippen molar-refractivity contribution in [2.24, 2.45) is 11.8 Å². The van der Waals surface area contributed by atoms with Crippen molar-refractivity contribution in [2.75, 3.05) is 26.4 Å². The van der Waals surface area contributed by atoms with Crippen LogP contribution in [0.25, 0.3) is 0 Å². The number of esters is 4. The Morgan fingerprint density at radius 1 is 0.676 bits per heavy atom. The van der Waals surface area contributed by atoms with Crippen molar-refractivity contribution in [1.29, 1.82) is 0 Å². The summed E-state index contributed by atoms with van der Waals surface area (Å²) in [6.07, 6.45) is 0.699. The third-order valence-corrected chi connectivity index (χ3v) is 13.3. The van der Waals surface area contributed by atoms with Crippen LogP contribution >= 0.6 is 0 Å². The molecule has 1 amide bonds. The number of hydrogen-bond acceptors (Lipinski definition) is 15. The van der Waals surface area contributed by atoms with Crippen LogP contribution in [0.15, 0.2) is 107 Å². The maximum absolute atomic E-state index is 13.6. The van der Waals surface area contributed by atoms with E-state index < -0.39 is 89.8 Å². The molecule has 1 saturated carbocycles. The summed E-state index contributed by atoms with van der Waals surface area (Å²) >= 11 is 0. The fourth-order valence-electron chi connectivity index (χ4n) is 9.10. The predicted molar refractivity (Wildman–Crippen MR) is 270 cm³/mol. The molecule has 1 unspecified atom stereocenters. The van der Waals surface area contributed by atoms with Crippen molar-refractivity contribution in [2.45, 2.75) is 141 Å². The monoisotopic (exact) mass is 1020 g/mol. The van der Waals surface area contributed by atoms with Gasteiger partial charge in [0.15, 0.2) is 12.3 Å². The number of ketones is 1. The summed E-state index contributed by atoms with van der Waals surface area (Å²) in [5.41, 5.74) is 0.0848. The Morgan fingerprint density at radius 2 is 1.26 bits per heavy atom. The Hall–Kier alpha value is -6.76. The maximum Gasteiger partial charge on any atom is 0.338 e. The highest BCUT2D eigenvalue weighted by atomic mass is 16.6. The first-order valence-corrected chi connectivity index (χ1v) is 25.6. The van der Waals surface area contributed by atoms with Gasteiger partial charge in [0.25, 0.3) is 5.56 Å². The molecule has 1 aliphatic carbocycles. The van der Waals surface area contributed by atoms with Gasteiger partial charge in [-0.05, 0) is 88.8 Å². The number of benzene rings is 3. The lowest BCUT2D eigenvalue weighted by Crippen LogP contribution is -2.54. The van der Waals surface area contributed by atoms with Gasteiger partial charge in [-0.1, -0.05) is 81.3 Å². The SMILES string of the molecule is CC[C@H]1O[C@@H](n2cc(C)c(=O)[nH]c2=O)[C@@H](OCCCCCCNC(=O)CCCCO[C@@H]2C[C@H](COC(=O)c3ccccc3)[C@H](OC(=O)c3ccccc3)[C@H](OC(=O)c3ccccc3)[C@H]2C)C1OC(=O)CCC(C)=O. The van der Waals surface area contributed by atoms with Gasteiger partial charge in [0.1, 0.15) is 24.1 Å². The maximum atomic E-state index is 13.6. The lowest BCUT2D eigenvalue weighted by atomic mass is 9.76. The van der Waals surface area contributed by atoms with Gasteiger partial charge in [0, 0.05) is 56.2 Å². The Labute approximate surface area is 430 Å². The van der Waals surface area contributed by atoms with Crippen molar-refractivity contribution in [3.63, 3.8) is 0 Å². The van der Waals surface area contributed by atoms with E-state index >= 15 is 0 Å². The third kappa shape index (κ3) is 16.4. The lowest BCUT2D eigenvalue weighted by molar-refractivity contribution is -0.158. The predicted octanol–water partition coefficient (Wildman–Crippen LogP) is 7.01. The second kappa shape index (κ2) is 28.6. The Kier molecular flexibility index (Phi) is 21.9. The number of carbonyl (C=O) groups is 6. The van der Waals surface area contributed by atoms with Crippen molar-refractivity contribution in [3.8, 4) is 0 Å². The molecule has 4 aromatic rings. The van der Waals surface area contributed by atoms with Crippen LogP contribution in [0, 0.1) is 18.8 Å². The molecule has 3 aromatic carbocycles. The van der Waals surface area contributed by atoms with Crippen molar-refractivity contribution >= 4 is 35.6 Å². The molecule has 74 heavy (non-hydrogen) atoms. The van der Waals surface area contributed by atoms with E-state index in [1.54, 1.807) is 97.9 Å². The summed E-state index contributed by atoms with van der Waals surface area (Å²) in [6.45, 7) is 7.60. The van der Waals surface area contributed by atoms with E-state index in [0.717, 1.165) is 19.3 Å². The van der Waals surface area contributed by atoms with Gasteiger partial charge in [0.2, 0.25) is 5.91 Å². The van der Waals surface area contributed by atoms with E-state index in [1.165, 1.54) is 17.7 Å². The van der Waals surface area contributed by atoms with Gasteiger partial charge in [-0.15, -0.1) is 0 Å². The normalized spacial score (nSPS) is 22.3. The zero-order valence-electron chi connectivity index (χ0n) is 42.6. The lowest BCUT2D eigenvalue weighted by Gasteiger charge is -2.44. The molecule has 9 atom stereocenters. The van der Waals surface area contributed by atoms with Gasteiger partial charge in [0.05, 0.1) is 41.9 Å². The number of amides is 1. The van der Waals surface area contributed by atoms with E-state index in [0.29, 0.717) is 67.5 Å². The van der Waals surface area contributed by atoms with E-state index in [1.807, 2.05) is 13.8 Å². The number of aromatic nitrogens is 2. The number of nitrogens with one attached hydrogen (secondary N) is 2. The molecule has 2 N–H and O–H groups in total. The minimum atomic E-state index is -0.983. The zero-order valence-corrected chi connectivity index (χ0v) is 42.6. The minimum absolute atomic E-state index is 0.0324. The summed E-state index contributed by atoms with van der Waals surface area (Å²) in [4.78, 5) is 105. The summed E-state index contributed by atoms with van der Waals surface area (Å²) in [5.74, 6) is -3.63. The van der Waals surface area contributed by atoms with Gasteiger partial charge >= 0.3 is 29.6 Å². The first-order chi connectivity index (χ1) is 35.7. The van der Waals surface area contributed by atoms with E-state index in [-0.39, 0.29) is 44.2 Å². The first kappa shape index (κ1) is 56.5. The fraction of sp³-hybridized carbons (Fsp3) is 0.500. The number of aryl methyl sites for hydroxylation is 1. The number of Topliss-reactive ketones (excluding diaryl/α,β-unsaturated/α-hetero) is 1. The number of rotatable bonds is 27. The molecule has 18 heteroatoms. The van der Waals surface area contributed by atoms with Gasteiger partial charge in [-0.3, -0.25) is 23.9 Å². The van der Waals surface area contributed by atoms with Crippen LogP contribution in [0.5, 0.6) is 0 Å². The molecule has 18 nitrogen and oxygen atoms in total. The van der Waals surface area contributed by atoms with E-state index in [4.69, 9.17) is 33.2 Å². The number of hydrogen-bond donors (Lipinski definition) is 2. The number of ether oxygens (including phenoxy) is 7. The largest absolute Gasteiger partial charge is 0.462 e. The topological polar surface area (TPSA) is 234 Å². The molecule has 1 saturated heterocycles. The van der Waals surface area contributed by atoms with Crippen LogP contribution in [0.1, 0.15) is 134 Å². The second-order valence-electron chi connectivity index (χ2n) is 18.9. The van der Waals surface area contributed by atoms with Crippen molar-refractivity contribution in [3.05, 3.63) is 140 Å². The summed E-state index contributed by atoms with van der Waals surface area (Å²) < 4.78 is 44.1. The van der Waals surface area contributed by atoms with Crippen LogP contribution in [0.2, 0.25) is 0 Å². The van der Waals surface area contributed by atoms with Gasteiger partial charge in [-0.25, -0.2) is 19.2 Å². The molecule has 0 radical (unpaired) electrons. The van der Waals surface area contributed by atoms with Gasteiger partial charge < -0.3 is 43.3 Å². The third-order valence-electron chi connectivity index (χ3n) is 13.3. The molecule has 6 rings (SSSR count). The van der Waals surface area contributed by atoms with Crippen LogP contribution in [-0.4, -0.2) is 108 Å². The summed E-state index contributed by atoms with van der Waals surface area (Å²) in [6, 6.07) is 25.5. The van der Waals surface area contributed by atoms with E-state index in [2.05, 4.69) is 10.3 Å². The Bertz CT molecular complexity index is 2590. The quantitative estimate of drug-likeness (QED) is 0.0347. The highest BCUT2D eigenvalue weighted by Crippen LogP contribution is 2.38. The van der Waals surface area contributed by atoms with E-state index in [9.17, 15) is 38.4 Å². The standard InChI is InChI=1S/C56H69N3O15/c1-5-43-49(72-46(62)29-28-37(3)60)50(52(71-43)59-34-36(2)51(63)58-56(59)67)69-32-19-7-6-18-30-57-45(61)27-17-20-31-68-44-33-42(35-70-53(64)39-21-11-8-12-22-39)48(74-55(66)41-25-15-10-16-26-41)47(38(44)4)73-54(65)40-23-13-9-14-24-40/h8-16,21-26,34,38,42-44,47-50,52H,5-7,17-20,27-33,35H2,1-4H3,(H,57,61)(H,58,63,67)/t38-,42+,43+,44+,47+,48-,49?,50-,52+/m0/s1. The van der Waals surface area contributed by atoms with Crippen molar-refractivity contribution < 1.29 is 61.9 Å². The van der Waals surface area contributed by atoms with Crippen molar-refractivity contribution in [1.82, 2.24) is 14.9 Å². The number of H-pyrrole nitrogens is 1. The molecule has 1 aliphatic heterocycles. The molecular formula is C56H69N3O15. The minimum Gasteiger partial charge on any atom is -0.462 e. The number of nitrogens with zero attached hydrogens (tertiary/aromatic N) is 1. The molecule has 2 heterocycles. The molecular weight excluding hydrogens is 955 g/mol. The van der Waals surface area contributed by atoms with Crippen LogP contribution < -0.4 is 16.6 Å². The zero-order chi connectivity index (χ0) is 53.0. The average Bonchev–Trinajstić information content (AvgIpc) is 3.74. The van der Waals surface area contributed by atoms with Crippen LogP contribution in [0.4, 0.5) is 0 Å². The Balaban J connectivity index is 0.968. The highest BCUT2D eigenvalue weighted by molar-refractivity contribution is 5.91. The molecule has 398 valence electrons. The van der Waals surface area contributed by atoms with Crippen LogP contribution in [-0.2, 0) is 47.5 Å². The molecule has 0 spiro atoms. The fourth-order valence-corrected chi connectivity index (χ4v) is 9.10. The number of carbonyl (C=O) groups excluding carboxylic acids is 6. The molecule has 2 fully saturated rings. The smallest absolute Gasteiger partial charge is 0.338 e. The molecule has 2 aliphatic rings. The van der Waals surface area contributed by atoms with Crippen LogP contribution in [0.3, 0.4) is 0 Å². The molecule has 1 aromatic heterocycles. The average molecular weight is 1020 g/mol. The highest BCUT2D eigenvalue weighted by Gasteiger charge is 2.50. The summed E-state index contributed by atoms with van der Waals surface area (Å²) in [7, 11) is 0. The number of aromatic amines is 1. The molecule has 0 bridgehead atoms. The summed E-state index contributed by atoms with van der Waals surface area (Å²) in [5, 5.41) is 2.98. The van der Waals surface area contributed by atoms with Gasteiger partial charge in [-0.2, -0.15) is 0 Å². The second-order valence-corrected chi connectivity index (χ2v) is 18.9. The number of unbranched alkanes of at least 4 members (excludes halogenated alkanes) is 4. The Morgan fingerprint density at radius 3 is 1.88 bits per heavy atom. The first-order valence-electron chi connectivity index (χ1n) is 25.6.